The van der Waals surface area contributed by atoms with Crippen LogP contribution in [0.4, 0.5) is 14.5 Å². The molecule has 1 aromatic rings. The summed E-state index contributed by atoms with van der Waals surface area (Å²) in [5.74, 6) is -2.08. The van der Waals surface area contributed by atoms with Crippen LogP contribution in [-0.2, 0) is 9.59 Å². The van der Waals surface area contributed by atoms with Crippen molar-refractivity contribution in [3.8, 4) is 0 Å². The minimum absolute atomic E-state index is 0.0194. The van der Waals surface area contributed by atoms with Crippen molar-refractivity contribution in [2.24, 2.45) is 11.8 Å². The molecule has 6 heteroatoms. The van der Waals surface area contributed by atoms with Gasteiger partial charge in [-0.15, -0.1) is 0 Å². The van der Waals surface area contributed by atoms with Crippen molar-refractivity contribution in [1.29, 1.82) is 0 Å². The second kappa shape index (κ2) is 7.28. The molecule has 132 valence electrons. The topological polar surface area (TPSA) is 58.2 Å². The quantitative estimate of drug-likeness (QED) is 0.884. The van der Waals surface area contributed by atoms with Crippen molar-refractivity contribution in [2.45, 2.75) is 52.0 Å². The largest absolute Gasteiger partial charge is 0.351 e. The van der Waals surface area contributed by atoms with Gasteiger partial charge in [-0.1, -0.05) is 0 Å². The van der Waals surface area contributed by atoms with E-state index in [1.165, 1.54) is 6.07 Å². The number of carbonyl (C=O) groups is 2. The van der Waals surface area contributed by atoms with Crippen LogP contribution in [0.2, 0.25) is 0 Å². The van der Waals surface area contributed by atoms with E-state index in [1.807, 2.05) is 20.8 Å². The number of hydrogen-bond donors (Lipinski definition) is 2. The van der Waals surface area contributed by atoms with Crippen molar-refractivity contribution in [3.63, 3.8) is 0 Å². The summed E-state index contributed by atoms with van der Waals surface area (Å²) in [4.78, 5) is 24.4. The zero-order chi connectivity index (χ0) is 17.9. The number of benzene rings is 1. The lowest BCUT2D eigenvalue weighted by molar-refractivity contribution is -0.129. The van der Waals surface area contributed by atoms with E-state index in [0.29, 0.717) is 25.7 Å². The molecule has 0 spiro atoms. The summed E-state index contributed by atoms with van der Waals surface area (Å²) in [5.41, 5.74) is -0.292. The standard InChI is InChI=1S/C18H24F2N2O2/c1-18(2,3)22-17(24)12-6-4-11(5-7-12)16(23)21-15-9-8-13(19)10-14(15)20/h8-12H,4-7H2,1-3H3,(H,21,23)(H,22,24). The van der Waals surface area contributed by atoms with Gasteiger partial charge in [-0.2, -0.15) is 0 Å². The van der Waals surface area contributed by atoms with E-state index < -0.39 is 11.6 Å². The molecular weight excluding hydrogens is 314 g/mol. The number of nitrogens with one attached hydrogen (secondary N) is 2. The lowest BCUT2D eigenvalue weighted by Crippen LogP contribution is -2.45. The van der Waals surface area contributed by atoms with Crippen molar-refractivity contribution in [2.75, 3.05) is 5.32 Å². The van der Waals surface area contributed by atoms with Crippen molar-refractivity contribution >= 4 is 17.5 Å². The molecule has 0 aliphatic heterocycles. The molecule has 0 radical (unpaired) electrons. The first-order valence-electron chi connectivity index (χ1n) is 8.23. The molecule has 4 nitrogen and oxygen atoms in total. The van der Waals surface area contributed by atoms with Gasteiger partial charge < -0.3 is 10.6 Å². The highest BCUT2D eigenvalue weighted by atomic mass is 19.1. The van der Waals surface area contributed by atoms with Gasteiger partial charge in [0.15, 0.2) is 0 Å². The number of anilines is 1. The summed E-state index contributed by atoms with van der Waals surface area (Å²) in [6.45, 7) is 5.80. The van der Waals surface area contributed by atoms with Gasteiger partial charge in [0.1, 0.15) is 11.6 Å². The van der Waals surface area contributed by atoms with E-state index in [9.17, 15) is 18.4 Å². The van der Waals surface area contributed by atoms with Crippen LogP contribution in [0.15, 0.2) is 18.2 Å². The van der Waals surface area contributed by atoms with Gasteiger partial charge in [-0.25, -0.2) is 8.78 Å². The maximum atomic E-state index is 13.6. The summed E-state index contributed by atoms with van der Waals surface area (Å²) in [5, 5.41) is 5.47. The Morgan fingerprint density at radius 1 is 1.00 bits per heavy atom. The molecule has 0 heterocycles. The van der Waals surface area contributed by atoms with Gasteiger partial charge in [0, 0.05) is 23.4 Å². The Balaban J connectivity index is 1.87. The predicted octanol–water partition coefficient (Wildman–Crippen LogP) is 3.62. The van der Waals surface area contributed by atoms with E-state index in [2.05, 4.69) is 10.6 Å². The zero-order valence-electron chi connectivity index (χ0n) is 14.3. The highest BCUT2D eigenvalue weighted by Crippen LogP contribution is 2.30. The van der Waals surface area contributed by atoms with Gasteiger partial charge >= 0.3 is 0 Å². The minimum atomic E-state index is -0.790. The van der Waals surface area contributed by atoms with Gasteiger partial charge in [0.05, 0.1) is 5.69 Å². The summed E-state index contributed by atoms with van der Waals surface area (Å²) < 4.78 is 26.5. The first kappa shape index (κ1) is 18.4. The van der Waals surface area contributed by atoms with Crippen LogP contribution < -0.4 is 10.6 Å². The highest BCUT2D eigenvalue weighted by Gasteiger charge is 2.31. The van der Waals surface area contributed by atoms with Crippen LogP contribution in [0.25, 0.3) is 0 Å². The third-order valence-electron chi connectivity index (χ3n) is 4.16. The Morgan fingerprint density at radius 2 is 1.54 bits per heavy atom. The van der Waals surface area contributed by atoms with Crippen molar-refractivity contribution < 1.29 is 18.4 Å². The van der Waals surface area contributed by atoms with Crippen LogP contribution in [-0.4, -0.2) is 17.4 Å². The average molecular weight is 338 g/mol. The summed E-state index contributed by atoms with van der Waals surface area (Å²) in [6, 6.07) is 3.06. The smallest absolute Gasteiger partial charge is 0.227 e. The Kier molecular flexibility index (Phi) is 5.57. The van der Waals surface area contributed by atoms with E-state index in [0.717, 1.165) is 12.1 Å². The third-order valence-corrected chi connectivity index (χ3v) is 4.16. The molecule has 0 atom stereocenters. The molecule has 1 saturated carbocycles. The third kappa shape index (κ3) is 5.01. The molecule has 1 aliphatic rings. The Bertz CT molecular complexity index is 618. The minimum Gasteiger partial charge on any atom is -0.351 e. The molecule has 0 saturated heterocycles. The molecule has 0 bridgehead atoms. The van der Waals surface area contributed by atoms with Crippen LogP contribution >= 0.6 is 0 Å². The number of rotatable bonds is 3. The fraction of sp³-hybridized carbons (Fsp3) is 0.556. The van der Waals surface area contributed by atoms with Crippen LogP contribution in [0.5, 0.6) is 0 Å². The molecule has 2 rings (SSSR count). The van der Waals surface area contributed by atoms with Crippen LogP contribution in [0, 0.1) is 23.5 Å². The Morgan fingerprint density at radius 3 is 2.04 bits per heavy atom. The number of hydrogen-bond acceptors (Lipinski definition) is 2. The van der Waals surface area contributed by atoms with Crippen LogP contribution in [0.1, 0.15) is 46.5 Å². The molecule has 2 amide bonds. The monoisotopic (exact) mass is 338 g/mol. The molecule has 0 aromatic heterocycles. The number of amides is 2. The summed E-state index contributed by atoms with van der Waals surface area (Å²) >= 11 is 0. The predicted molar refractivity (Wildman–Crippen MR) is 88.3 cm³/mol. The molecule has 1 aromatic carbocycles. The lowest BCUT2D eigenvalue weighted by atomic mass is 9.81. The fourth-order valence-corrected chi connectivity index (χ4v) is 2.92. The van der Waals surface area contributed by atoms with Gasteiger partial charge in [-0.05, 0) is 58.6 Å². The maximum Gasteiger partial charge on any atom is 0.227 e. The summed E-state index contributed by atoms with van der Waals surface area (Å²) in [6.07, 6.45) is 2.42. The van der Waals surface area contributed by atoms with E-state index in [-0.39, 0.29) is 34.9 Å². The van der Waals surface area contributed by atoms with Gasteiger partial charge in [0.2, 0.25) is 11.8 Å². The fourth-order valence-electron chi connectivity index (χ4n) is 2.92. The van der Waals surface area contributed by atoms with E-state index >= 15 is 0 Å². The maximum absolute atomic E-state index is 13.6. The number of carbonyl (C=O) groups excluding carboxylic acids is 2. The Labute approximate surface area is 141 Å². The first-order chi connectivity index (χ1) is 11.2. The molecule has 24 heavy (non-hydrogen) atoms. The lowest BCUT2D eigenvalue weighted by Gasteiger charge is -2.30. The van der Waals surface area contributed by atoms with Gasteiger partial charge in [-0.3, -0.25) is 9.59 Å². The normalized spacial score (nSPS) is 21.2. The van der Waals surface area contributed by atoms with Gasteiger partial charge in [0.25, 0.3) is 0 Å². The van der Waals surface area contributed by atoms with Crippen molar-refractivity contribution in [1.82, 2.24) is 5.32 Å². The molecule has 0 unspecified atom stereocenters. The zero-order valence-corrected chi connectivity index (χ0v) is 14.3. The van der Waals surface area contributed by atoms with E-state index in [4.69, 9.17) is 0 Å². The van der Waals surface area contributed by atoms with Crippen molar-refractivity contribution in [3.05, 3.63) is 29.8 Å². The van der Waals surface area contributed by atoms with Crippen LogP contribution in [0.3, 0.4) is 0 Å². The molecular formula is C18H24F2N2O2. The second-order valence-electron chi connectivity index (χ2n) is 7.40. The molecule has 1 fully saturated rings. The molecule has 1 aliphatic carbocycles. The highest BCUT2D eigenvalue weighted by molar-refractivity contribution is 5.92. The SMILES string of the molecule is CC(C)(C)NC(=O)C1CCC(C(=O)Nc2ccc(F)cc2F)CC1. The summed E-state index contributed by atoms with van der Waals surface area (Å²) in [7, 11) is 0. The van der Waals surface area contributed by atoms with E-state index in [1.54, 1.807) is 0 Å². The second-order valence-corrected chi connectivity index (χ2v) is 7.40. The number of halogens is 2. The first-order valence-corrected chi connectivity index (χ1v) is 8.23. The Hall–Kier alpha value is -1.98. The average Bonchev–Trinajstić information content (AvgIpc) is 2.48. The molecule has 2 N–H and O–H groups in total.